The first-order valence-electron chi connectivity index (χ1n) is 7.37. The van der Waals surface area contributed by atoms with Gasteiger partial charge in [-0.15, -0.1) is 0 Å². The van der Waals surface area contributed by atoms with Crippen LogP contribution in [-0.2, 0) is 11.2 Å². The summed E-state index contributed by atoms with van der Waals surface area (Å²) in [7, 11) is 1.72. The Hall–Kier alpha value is -2.04. The summed E-state index contributed by atoms with van der Waals surface area (Å²) in [5.74, 6) is -1.10. The van der Waals surface area contributed by atoms with Crippen LogP contribution in [0, 0.1) is 5.92 Å². The van der Waals surface area contributed by atoms with Gasteiger partial charge in [0.2, 0.25) is 0 Å². The Morgan fingerprint density at radius 3 is 2.48 bits per heavy atom. The lowest BCUT2D eigenvalue weighted by molar-refractivity contribution is -0.141. The summed E-state index contributed by atoms with van der Waals surface area (Å²) in [4.78, 5) is 24.7. The van der Waals surface area contributed by atoms with Crippen LogP contribution < -0.4 is 10.2 Å². The fourth-order valence-electron chi connectivity index (χ4n) is 2.68. The quantitative estimate of drug-likeness (QED) is 0.895. The number of aryl methyl sites for hydroxylation is 1. The Morgan fingerprint density at radius 1 is 1.29 bits per heavy atom. The van der Waals surface area contributed by atoms with Crippen LogP contribution in [0.1, 0.15) is 31.7 Å². The molecule has 21 heavy (non-hydrogen) atoms. The molecular formula is C16H22N2O3. The molecule has 1 fully saturated rings. The van der Waals surface area contributed by atoms with Crippen LogP contribution in [0.15, 0.2) is 24.3 Å². The highest BCUT2D eigenvalue weighted by atomic mass is 16.4. The molecule has 2 N–H and O–H groups in total. The number of carboxylic acid groups (broad SMARTS) is 1. The van der Waals surface area contributed by atoms with E-state index in [0.29, 0.717) is 12.8 Å². The second kappa shape index (κ2) is 6.61. The van der Waals surface area contributed by atoms with Crippen LogP contribution in [0.4, 0.5) is 10.5 Å². The Kier molecular flexibility index (Phi) is 4.83. The van der Waals surface area contributed by atoms with Gasteiger partial charge in [-0.2, -0.15) is 0 Å². The maximum absolute atomic E-state index is 12.2. The Balaban J connectivity index is 1.92. The third-order valence-corrected chi connectivity index (χ3v) is 4.15. The SMILES string of the molecule is CCc1ccc(N(C)C(=O)N[C@H]2CC[C@@H](C(=O)O)C2)cc1. The summed E-state index contributed by atoms with van der Waals surface area (Å²) < 4.78 is 0. The number of urea groups is 1. The van der Waals surface area contributed by atoms with E-state index < -0.39 is 5.97 Å². The summed E-state index contributed by atoms with van der Waals surface area (Å²) in [6, 6.07) is 7.64. The minimum absolute atomic E-state index is 0.0454. The number of carbonyl (C=O) groups is 2. The predicted octanol–water partition coefficient (Wildman–Crippen LogP) is 2.65. The van der Waals surface area contributed by atoms with Crippen LogP contribution in [0.5, 0.6) is 0 Å². The summed E-state index contributed by atoms with van der Waals surface area (Å²) in [5, 5.41) is 11.9. The van der Waals surface area contributed by atoms with E-state index in [9.17, 15) is 9.59 Å². The third-order valence-electron chi connectivity index (χ3n) is 4.15. The predicted molar refractivity (Wildman–Crippen MR) is 81.5 cm³/mol. The topological polar surface area (TPSA) is 69.6 Å². The molecule has 1 aromatic carbocycles. The lowest BCUT2D eigenvalue weighted by Crippen LogP contribution is -2.42. The average Bonchev–Trinajstić information content (AvgIpc) is 2.95. The molecule has 2 amide bonds. The van der Waals surface area contributed by atoms with E-state index in [1.807, 2.05) is 24.3 Å². The number of hydrogen-bond donors (Lipinski definition) is 2. The van der Waals surface area contributed by atoms with E-state index in [2.05, 4.69) is 12.2 Å². The standard InChI is InChI=1S/C16H22N2O3/c1-3-11-4-8-14(9-5-11)18(2)16(21)17-13-7-6-12(10-13)15(19)20/h4-5,8-9,12-13H,3,6-7,10H2,1-2H3,(H,17,21)(H,19,20)/t12-,13+/m1/s1. The molecule has 5 nitrogen and oxygen atoms in total. The molecule has 1 aliphatic rings. The Bertz CT molecular complexity index is 513. The number of amides is 2. The van der Waals surface area contributed by atoms with Gasteiger partial charge in [0.25, 0.3) is 0 Å². The van der Waals surface area contributed by atoms with Crippen molar-refractivity contribution in [2.45, 2.75) is 38.6 Å². The normalized spacial score (nSPS) is 21.0. The van der Waals surface area contributed by atoms with Crippen LogP contribution >= 0.6 is 0 Å². The number of nitrogens with zero attached hydrogens (tertiary/aromatic N) is 1. The Morgan fingerprint density at radius 2 is 1.95 bits per heavy atom. The highest BCUT2D eigenvalue weighted by Crippen LogP contribution is 2.26. The van der Waals surface area contributed by atoms with Gasteiger partial charge in [0.05, 0.1) is 5.92 Å². The van der Waals surface area contributed by atoms with Gasteiger partial charge in [-0.1, -0.05) is 19.1 Å². The number of carboxylic acids is 1. The van der Waals surface area contributed by atoms with E-state index in [-0.39, 0.29) is 18.0 Å². The maximum Gasteiger partial charge on any atom is 0.321 e. The molecule has 0 bridgehead atoms. The van der Waals surface area contributed by atoms with Crippen LogP contribution in [0.25, 0.3) is 0 Å². The van der Waals surface area contributed by atoms with Gasteiger partial charge in [0, 0.05) is 18.8 Å². The van der Waals surface area contributed by atoms with Crippen molar-refractivity contribution in [3.63, 3.8) is 0 Å². The number of rotatable bonds is 4. The van der Waals surface area contributed by atoms with E-state index in [0.717, 1.165) is 18.5 Å². The van der Waals surface area contributed by atoms with Crippen molar-refractivity contribution in [3.05, 3.63) is 29.8 Å². The van der Waals surface area contributed by atoms with Gasteiger partial charge < -0.3 is 10.4 Å². The first-order chi connectivity index (χ1) is 10.0. The molecule has 0 radical (unpaired) electrons. The Labute approximate surface area is 125 Å². The van der Waals surface area contributed by atoms with E-state index in [1.54, 1.807) is 11.9 Å². The molecule has 2 atom stereocenters. The molecule has 0 spiro atoms. The van der Waals surface area contributed by atoms with Crippen LogP contribution in [0.2, 0.25) is 0 Å². The molecule has 1 saturated carbocycles. The smallest absolute Gasteiger partial charge is 0.321 e. The molecule has 0 unspecified atom stereocenters. The fraction of sp³-hybridized carbons (Fsp3) is 0.500. The zero-order valence-electron chi connectivity index (χ0n) is 12.5. The summed E-state index contributed by atoms with van der Waals surface area (Å²) in [6.07, 6.45) is 2.85. The molecule has 0 saturated heterocycles. The highest BCUT2D eigenvalue weighted by molar-refractivity contribution is 5.91. The number of carbonyl (C=O) groups excluding carboxylic acids is 1. The first kappa shape index (κ1) is 15.4. The van der Waals surface area contributed by atoms with Crippen LogP contribution in [0.3, 0.4) is 0 Å². The van der Waals surface area contributed by atoms with Gasteiger partial charge in [0.15, 0.2) is 0 Å². The van der Waals surface area contributed by atoms with Crippen molar-refractivity contribution >= 4 is 17.7 Å². The number of hydrogen-bond acceptors (Lipinski definition) is 2. The average molecular weight is 290 g/mol. The molecule has 1 aromatic rings. The molecule has 0 heterocycles. The van der Waals surface area contributed by atoms with Gasteiger partial charge in [-0.3, -0.25) is 9.69 Å². The first-order valence-corrected chi connectivity index (χ1v) is 7.37. The highest BCUT2D eigenvalue weighted by Gasteiger charge is 2.31. The van der Waals surface area contributed by atoms with Crippen molar-refractivity contribution in [1.82, 2.24) is 5.32 Å². The third kappa shape index (κ3) is 3.74. The van der Waals surface area contributed by atoms with Crippen molar-refractivity contribution in [3.8, 4) is 0 Å². The van der Waals surface area contributed by atoms with Crippen molar-refractivity contribution in [1.29, 1.82) is 0 Å². The molecule has 0 aliphatic heterocycles. The lowest BCUT2D eigenvalue weighted by Gasteiger charge is -2.21. The minimum Gasteiger partial charge on any atom is -0.481 e. The zero-order chi connectivity index (χ0) is 15.4. The number of aliphatic carboxylic acids is 1. The van der Waals surface area contributed by atoms with Gasteiger partial charge in [0.1, 0.15) is 0 Å². The number of benzene rings is 1. The summed E-state index contributed by atoms with van der Waals surface area (Å²) in [5.41, 5.74) is 2.06. The van der Waals surface area contributed by atoms with E-state index in [1.165, 1.54) is 5.56 Å². The molecule has 2 rings (SSSR count). The number of nitrogens with one attached hydrogen (secondary N) is 1. The van der Waals surface area contributed by atoms with Gasteiger partial charge in [-0.25, -0.2) is 4.79 Å². The maximum atomic E-state index is 12.2. The molecule has 5 heteroatoms. The monoisotopic (exact) mass is 290 g/mol. The fourth-order valence-corrected chi connectivity index (χ4v) is 2.68. The molecule has 0 aromatic heterocycles. The summed E-state index contributed by atoms with van der Waals surface area (Å²) >= 11 is 0. The van der Waals surface area contributed by atoms with E-state index in [4.69, 9.17) is 5.11 Å². The van der Waals surface area contributed by atoms with Gasteiger partial charge >= 0.3 is 12.0 Å². The largest absolute Gasteiger partial charge is 0.481 e. The minimum atomic E-state index is -0.768. The van der Waals surface area contributed by atoms with Crippen molar-refractivity contribution in [2.24, 2.45) is 5.92 Å². The van der Waals surface area contributed by atoms with E-state index >= 15 is 0 Å². The zero-order valence-corrected chi connectivity index (χ0v) is 12.5. The van der Waals surface area contributed by atoms with Gasteiger partial charge in [-0.05, 0) is 43.4 Å². The summed E-state index contributed by atoms with van der Waals surface area (Å²) in [6.45, 7) is 2.09. The number of anilines is 1. The molecule has 114 valence electrons. The lowest BCUT2D eigenvalue weighted by atomic mass is 10.1. The van der Waals surface area contributed by atoms with Crippen molar-refractivity contribution in [2.75, 3.05) is 11.9 Å². The van der Waals surface area contributed by atoms with Crippen molar-refractivity contribution < 1.29 is 14.7 Å². The second-order valence-electron chi connectivity index (χ2n) is 5.57. The molecular weight excluding hydrogens is 268 g/mol. The second-order valence-corrected chi connectivity index (χ2v) is 5.57. The van der Waals surface area contributed by atoms with Crippen LogP contribution in [-0.4, -0.2) is 30.2 Å². The molecule has 1 aliphatic carbocycles.